The molecule has 0 heterocycles. The maximum Gasteiger partial charge on any atom is 4.00 e. The van der Waals surface area contributed by atoms with E-state index in [0.29, 0.717) is 0 Å². The van der Waals surface area contributed by atoms with Crippen molar-refractivity contribution in [3.05, 3.63) is 156 Å². The third-order valence-corrected chi connectivity index (χ3v) is 7.24. The van der Waals surface area contributed by atoms with Crippen LogP contribution in [0.4, 0.5) is 0 Å². The van der Waals surface area contributed by atoms with Gasteiger partial charge in [-0.15, -0.1) is 36.4 Å². The van der Waals surface area contributed by atoms with Crippen LogP contribution in [0.2, 0.25) is 19.6 Å². The molecule has 0 spiro atoms. The van der Waals surface area contributed by atoms with Crippen LogP contribution in [0.3, 0.4) is 0 Å². The molecule has 4 rings (SSSR count). The summed E-state index contributed by atoms with van der Waals surface area (Å²) in [4.78, 5) is 0. The molecule has 0 N–H and O–H groups in total. The zero-order chi connectivity index (χ0) is 26.4. The third-order valence-electron chi connectivity index (χ3n) is 5.83. The molecule has 0 bridgehead atoms. The molecule has 0 unspecified atom stereocenters. The van der Waals surface area contributed by atoms with Crippen molar-refractivity contribution in [2.45, 2.75) is 53.4 Å². The topological polar surface area (TPSA) is 0 Å². The van der Waals surface area contributed by atoms with Crippen LogP contribution in [0.25, 0.3) is 0 Å². The number of rotatable bonds is 2. The number of benzene rings is 3. The standard InChI is InChI=1S/C13H23Si.3C7H7.Ti/c1-9-10(2)12(4)13(11(9)3)8-14(5,6)7;3*1-7-5-3-2-4-6-7;/h8H2,1-7H3;3*2-6H,1H2;/q4*-1;+4. The minimum Gasteiger partial charge on any atom is -0.199 e. The Labute approximate surface area is 238 Å². The van der Waals surface area contributed by atoms with Crippen LogP contribution in [0, 0.1) is 48.5 Å². The molecule has 4 aromatic carbocycles. The van der Waals surface area contributed by atoms with Crippen LogP contribution in [-0.2, 0) is 27.8 Å². The minimum atomic E-state index is -0.970. The monoisotopic (exact) mass is 528 g/mol. The fourth-order valence-corrected chi connectivity index (χ4v) is 5.12. The van der Waals surface area contributed by atoms with Crippen molar-refractivity contribution < 1.29 is 21.7 Å². The van der Waals surface area contributed by atoms with Gasteiger partial charge in [0, 0.05) is 8.07 Å². The van der Waals surface area contributed by atoms with Crippen LogP contribution < -0.4 is 0 Å². The fraction of sp³-hybridized carbons (Fsp3) is 0.235. The average Bonchev–Trinajstić information content (AvgIpc) is 2.99. The zero-order valence-electron chi connectivity index (χ0n) is 23.5. The summed E-state index contributed by atoms with van der Waals surface area (Å²) in [6.07, 6.45) is 0. The summed E-state index contributed by atoms with van der Waals surface area (Å²) in [7, 11) is -0.970. The van der Waals surface area contributed by atoms with Gasteiger partial charge in [-0.1, -0.05) is 71.6 Å². The van der Waals surface area contributed by atoms with E-state index in [9.17, 15) is 0 Å². The van der Waals surface area contributed by atoms with E-state index in [-0.39, 0.29) is 21.7 Å². The van der Waals surface area contributed by atoms with E-state index in [4.69, 9.17) is 0 Å². The summed E-state index contributed by atoms with van der Waals surface area (Å²) in [5.41, 5.74) is 11.0. The molecule has 0 fully saturated rings. The summed E-state index contributed by atoms with van der Waals surface area (Å²) < 4.78 is 0. The van der Waals surface area contributed by atoms with Gasteiger partial charge in [0.2, 0.25) is 0 Å². The Bertz CT molecular complexity index is 974. The van der Waals surface area contributed by atoms with Gasteiger partial charge < -0.3 is 0 Å². The first-order valence-corrected chi connectivity index (χ1v) is 16.0. The van der Waals surface area contributed by atoms with Crippen LogP contribution in [0.5, 0.6) is 0 Å². The molecule has 0 nitrogen and oxygen atoms in total. The van der Waals surface area contributed by atoms with Gasteiger partial charge in [-0.05, 0) is 0 Å². The molecule has 0 aliphatic carbocycles. The third kappa shape index (κ3) is 13.6. The zero-order valence-corrected chi connectivity index (χ0v) is 26.1. The molecule has 188 valence electrons. The number of hydrogen-bond donors (Lipinski definition) is 0. The predicted octanol–water partition coefficient (Wildman–Crippen LogP) is 9.66. The van der Waals surface area contributed by atoms with Crippen molar-refractivity contribution in [2.75, 3.05) is 0 Å². The maximum absolute atomic E-state index is 3.72. The first-order chi connectivity index (χ1) is 16.4. The molecule has 0 aromatic heterocycles. The Balaban J connectivity index is 0.000000476. The second-order valence-corrected chi connectivity index (χ2v) is 15.6. The van der Waals surface area contributed by atoms with Gasteiger partial charge in [0.15, 0.2) is 0 Å². The van der Waals surface area contributed by atoms with Gasteiger partial charge in [0.25, 0.3) is 0 Å². The number of hydrogen-bond acceptors (Lipinski definition) is 0. The summed E-state index contributed by atoms with van der Waals surface area (Å²) in [6, 6.07) is 31.0. The summed E-state index contributed by atoms with van der Waals surface area (Å²) in [5, 5.41) is 0. The summed E-state index contributed by atoms with van der Waals surface area (Å²) in [5.74, 6) is 0. The van der Waals surface area contributed by atoms with Crippen molar-refractivity contribution in [3.63, 3.8) is 0 Å². The first kappa shape index (κ1) is 33.6. The van der Waals surface area contributed by atoms with E-state index in [0.717, 1.165) is 16.7 Å². The first-order valence-electron chi connectivity index (χ1n) is 12.2. The molecule has 4 aromatic rings. The van der Waals surface area contributed by atoms with E-state index in [1.807, 2.05) is 91.0 Å². The van der Waals surface area contributed by atoms with E-state index in [1.165, 1.54) is 17.2 Å². The van der Waals surface area contributed by atoms with Crippen LogP contribution in [-0.4, -0.2) is 8.07 Å². The second-order valence-electron chi connectivity index (χ2n) is 10.2. The Morgan fingerprint density at radius 3 is 0.944 bits per heavy atom. The largest absolute Gasteiger partial charge is 4.00 e. The molecular formula is C34H44SiTi. The summed E-state index contributed by atoms with van der Waals surface area (Å²) >= 11 is 0. The molecule has 0 radical (unpaired) electrons. The molecule has 0 atom stereocenters. The van der Waals surface area contributed by atoms with Gasteiger partial charge in [-0.25, -0.2) is 0 Å². The smallest absolute Gasteiger partial charge is 0.199 e. The van der Waals surface area contributed by atoms with Crippen LogP contribution in [0.1, 0.15) is 44.5 Å². The SMILES string of the molecule is Cc1c(C)c(C)[c-](C[Si](C)(C)C)c1C.[CH2-]c1ccccc1.[CH2-]c1ccccc1.[CH2-]c1ccccc1.[Ti+4]. The van der Waals surface area contributed by atoms with Gasteiger partial charge >= 0.3 is 21.7 Å². The van der Waals surface area contributed by atoms with Crippen molar-refractivity contribution >= 4 is 8.07 Å². The van der Waals surface area contributed by atoms with Gasteiger partial charge in [-0.3, -0.25) is 0 Å². The average molecular weight is 529 g/mol. The Morgan fingerprint density at radius 2 is 0.778 bits per heavy atom. The fourth-order valence-electron chi connectivity index (χ4n) is 3.53. The quantitative estimate of drug-likeness (QED) is 0.179. The molecular weight excluding hydrogens is 484 g/mol. The molecule has 0 amide bonds. The normalized spacial score (nSPS) is 9.75. The molecule has 36 heavy (non-hydrogen) atoms. The molecule has 0 aliphatic heterocycles. The Hall–Kier alpha value is -2.45. The predicted molar refractivity (Wildman–Crippen MR) is 161 cm³/mol. The molecule has 0 aliphatic rings. The summed E-state index contributed by atoms with van der Waals surface area (Å²) in [6.45, 7) is 27.6. The van der Waals surface area contributed by atoms with E-state index < -0.39 is 8.07 Å². The molecule has 0 saturated carbocycles. The Kier molecular flexibility index (Phi) is 15.9. The minimum absolute atomic E-state index is 0. The molecule has 0 saturated heterocycles. The van der Waals surface area contributed by atoms with Crippen molar-refractivity contribution in [3.8, 4) is 0 Å². The molecule has 2 heteroatoms. The van der Waals surface area contributed by atoms with Gasteiger partial charge in [0.1, 0.15) is 0 Å². The van der Waals surface area contributed by atoms with E-state index in [1.54, 1.807) is 16.7 Å². The van der Waals surface area contributed by atoms with Gasteiger partial charge in [0.05, 0.1) is 0 Å². The van der Waals surface area contributed by atoms with E-state index >= 15 is 0 Å². The van der Waals surface area contributed by atoms with Crippen LogP contribution >= 0.6 is 0 Å². The second kappa shape index (κ2) is 17.1. The van der Waals surface area contributed by atoms with Crippen molar-refractivity contribution in [1.29, 1.82) is 0 Å². The van der Waals surface area contributed by atoms with Crippen LogP contribution in [0.15, 0.2) is 91.0 Å². The van der Waals surface area contributed by atoms with E-state index in [2.05, 4.69) is 68.1 Å². The maximum atomic E-state index is 3.72. The van der Waals surface area contributed by atoms with Crippen molar-refractivity contribution in [2.24, 2.45) is 0 Å². The van der Waals surface area contributed by atoms with Crippen molar-refractivity contribution in [1.82, 2.24) is 0 Å². The Morgan fingerprint density at radius 1 is 0.528 bits per heavy atom. The van der Waals surface area contributed by atoms with Gasteiger partial charge in [-0.2, -0.15) is 102 Å².